The molecule has 0 radical (unpaired) electrons. The van der Waals surface area contributed by atoms with Crippen molar-refractivity contribution in [3.63, 3.8) is 0 Å². The van der Waals surface area contributed by atoms with Crippen molar-refractivity contribution >= 4 is 0 Å². The predicted octanol–water partition coefficient (Wildman–Crippen LogP) is 4.43. The summed E-state index contributed by atoms with van der Waals surface area (Å²) in [4.78, 5) is 0. The summed E-state index contributed by atoms with van der Waals surface area (Å²) in [6.07, 6.45) is -0.697. The van der Waals surface area contributed by atoms with Gasteiger partial charge in [-0.15, -0.1) is 0 Å². The molecular weight excluding hydrogens is 358 g/mol. The first-order chi connectivity index (χ1) is 12.8. The molecule has 1 aromatic carbocycles. The van der Waals surface area contributed by atoms with Crippen molar-refractivity contribution in [3.8, 4) is 11.3 Å². The minimum absolute atomic E-state index is 0.157. The maximum atomic E-state index is 14.2. The summed E-state index contributed by atoms with van der Waals surface area (Å²) in [5, 5.41) is 11.3. The van der Waals surface area contributed by atoms with Crippen molar-refractivity contribution in [3.05, 3.63) is 47.2 Å². The third kappa shape index (κ3) is 2.58. The quantitative estimate of drug-likeness (QED) is 0.781. The summed E-state index contributed by atoms with van der Waals surface area (Å²) in [5.41, 5.74) is 1.08. The van der Waals surface area contributed by atoms with Crippen LogP contribution in [0, 0.1) is 17.0 Å². The molecule has 1 N–H and O–H groups in total. The summed E-state index contributed by atoms with van der Waals surface area (Å²) < 4.78 is 53.5. The van der Waals surface area contributed by atoms with E-state index < -0.39 is 23.5 Å². The number of nitrogens with one attached hydrogen (secondary N) is 1. The molecule has 1 heterocycles. The first-order valence-corrected chi connectivity index (χ1v) is 9.09. The zero-order valence-electron chi connectivity index (χ0n) is 15.2. The van der Waals surface area contributed by atoms with Crippen LogP contribution in [0.15, 0.2) is 24.3 Å². The molecule has 2 aromatic rings. The van der Waals surface area contributed by atoms with Gasteiger partial charge in [0.15, 0.2) is 0 Å². The summed E-state index contributed by atoms with van der Waals surface area (Å²) in [5.74, 6) is -1.20. The fourth-order valence-electron chi connectivity index (χ4n) is 5.08. The van der Waals surface area contributed by atoms with Crippen LogP contribution in [-0.2, 0) is 5.41 Å². The van der Waals surface area contributed by atoms with E-state index in [4.69, 9.17) is 0 Å². The molecule has 144 valence electrons. The fraction of sp³-hybridized carbons (Fsp3) is 0.500. The van der Waals surface area contributed by atoms with Crippen LogP contribution in [-0.4, -0.2) is 29.7 Å². The Kier molecular flexibility index (Phi) is 4.25. The molecule has 1 aromatic heterocycles. The van der Waals surface area contributed by atoms with Gasteiger partial charge in [-0.05, 0) is 47.9 Å². The fourth-order valence-corrected chi connectivity index (χ4v) is 5.08. The van der Waals surface area contributed by atoms with Gasteiger partial charge in [-0.25, -0.2) is 17.6 Å². The summed E-state index contributed by atoms with van der Waals surface area (Å²) >= 11 is 0. The number of rotatable bonds is 5. The molecule has 2 aliphatic carbocycles. The number of benzene rings is 1. The second kappa shape index (κ2) is 6.26. The normalized spacial score (nSPS) is 25.2. The van der Waals surface area contributed by atoms with Crippen LogP contribution in [0.3, 0.4) is 0 Å². The number of hydrogen-bond acceptors (Lipinski definition) is 3. The molecule has 4 rings (SSSR count). The Morgan fingerprint density at radius 2 is 1.89 bits per heavy atom. The second-order valence-corrected chi connectivity index (χ2v) is 8.05. The van der Waals surface area contributed by atoms with Crippen molar-refractivity contribution in [1.29, 1.82) is 0 Å². The highest BCUT2D eigenvalue weighted by molar-refractivity contribution is 5.63. The first kappa shape index (κ1) is 18.3. The smallest absolute Gasteiger partial charge is 0.250 e. The van der Waals surface area contributed by atoms with Crippen LogP contribution in [0.4, 0.5) is 17.6 Å². The number of aromatic nitrogens is 2. The summed E-state index contributed by atoms with van der Waals surface area (Å²) in [6.45, 7) is 4.24. The molecule has 3 nitrogen and oxygen atoms in total. The Balaban J connectivity index is 1.77. The molecule has 2 bridgehead atoms. The minimum atomic E-state index is -2.42. The van der Waals surface area contributed by atoms with Crippen molar-refractivity contribution in [1.82, 2.24) is 15.5 Å². The maximum Gasteiger partial charge on any atom is 0.250 e. The van der Waals surface area contributed by atoms with Gasteiger partial charge in [0.25, 0.3) is 6.43 Å². The molecule has 2 aliphatic rings. The molecule has 1 saturated carbocycles. The average molecular weight is 379 g/mol. The van der Waals surface area contributed by atoms with Crippen LogP contribution in [0.5, 0.6) is 0 Å². The minimum Gasteiger partial charge on any atom is -0.310 e. The monoisotopic (exact) mass is 379 g/mol. The molecule has 0 spiro atoms. The largest absolute Gasteiger partial charge is 0.310 e. The van der Waals surface area contributed by atoms with E-state index >= 15 is 0 Å². The van der Waals surface area contributed by atoms with Crippen molar-refractivity contribution in [2.45, 2.75) is 44.4 Å². The van der Waals surface area contributed by atoms with Gasteiger partial charge >= 0.3 is 0 Å². The van der Waals surface area contributed by atoms with Crippen LogP contribution in [0.25, 0.3) is 11.3 Å². The van der Waals surface area contributed by atoms with Crippen LogP contribution >= 0.6 is 0 Å². The molecule has 2 atom stereocenters. The molecule has 0 saturated heterocycles. The van der Waals surface area contributed by atoms with Crippen LogP contribution < -0.4 is 5.32 Å². The molecule has 7 heteroatoms. The maximum absolute atomic E-state index is 14.2. The van der Waals surface area contributed by atoms with E-state index in [9.17, 15) is 17.6 Å². The number of alkyl halides is 2. The van der Waals surface area contributed by atoms with Gasteiger partial charge in [0.1, 0.15) is 11.6 Å². The molecule has 0 aliphatic heterocycles. The lowest BCUT2D eigenvalue weighted by Crippen LogP contribution is -2.45. The lowest BCUT2D eigenvalue weighted by molar-refractivity contribution is 0.133. The van der Waals surface area contributed by atoms with E-state index in [2.05, 4.69) is 29.4 Å². The third-order valence-electron chi connectivity index (χ3n) is 6.56. The van der Waals surface area contributed by atoms with Crippen molar-refractivity contribution in [2.24, 2.45) is 5.41 Å². The van der Waals surface area contributed by atoms with E-state index in [1.807, 2.05) is 0 Å². The Bertz CT molecular complexity index is 863. The van der Waals surface area contributed by atoms with Gasteiger partial charge in [0.2, 0.25) is 0 Å². The highest BCUT2D eigenvalue weighted by atomic mass is 19.3. The van der Waals surface area contributed by atoms with Crippen LogP contribution in [0.2, 0.25) is 0 Å². The summed E-state index contributed by atoms with van der Waals surface area (Å²) in [6, 6.07) is 5.42. The topological polar surface area (TPSA) is 37.8 Å². The predicted molar refractivity (Wildman–Crippen MR) is 93.7 cm³/mol. The molecule has 1 unspecified atom stereocenters. The number of nitrogens with zero attached hydrogens (tertiary/aromatic N) is 2. The first-order valence-electron chi connectivity index (χ1n) is 9.09. The van der Waals surface area contributed by atoms with E-state index in [-0.39, 0.29) is 29.1 Å². The van der Waals surface area contributed by atoms with E-state index in [0.29, 0.717) is 6.54 Å². The second-order valence-electron chi connectivity index (χ2n) is 8.05. The Morgan fingerprint density at radius 3 is 2.56 bits per heavy atom. The average Bonchev–Trinajstić information content (AvgIpc) is 2.95. The molecule has 27 heavy (non-hydrogen) atoms. The van der Waals surface area contributed by atoms with Crippen LogP contribution in [0.1, 0.15) is 43.9 Å². The Morgan fingerprint density at radius 1 is 1.19 bits per heavy atom. The van der Waals surface area contributed by atoms with Gasteiger partial charge in [-0.2, -0.15) is 10.2 Å². The van der Waals surface area contributed by atoms with Gasteiger partial charge in [-0.3, -0.25) is 0 Å². The van der Waals surface area contributed by atoms with Gasteiger partial charge in [0.05, 0.1) is 23.5 Å². The van der Waals surface area contributed by atoms with E-state index in [1.54, 1.807) is 6.07 Å². The standard InChI is InChI=1S/C20H21F4N3/c1-19(2)12-6-7-20(19,10-25-9-16(23)24)18-11(12)8-15(26-27-18)17-13(21)4-3-5-14(17)22/h3-5,8,12,16,25H,6-7,9-10H2,1-2H3/t12-,20?/m1/s1. The van der Waals surface area contributed by atoms with Crippen molar-refractivity contribution in [2.75, 3.05) is 13.1 Å². The Hall–Kier alpha value is -2.02. The third-order valence-corrected chi connectivity index (χ3v) is 6.56. The van der Waals surface area contributed by atoms with E-state index in [1.165, 1.54) is 18.2 Å². The highest BCUT2D eigenvalue weighted by Crippen LogP contribution is 2.67. The number of hydrogen-bond donors (Lipinski definition) is 1. The molecule has 0 amide bonds. The molecular formula is C20H21F4N3. The highest BCUT2D eigenvalue weighted by Gasteiger charge is 2.63. The number of halogens is 4. The number of fused-ring (bicyclic) bond motifs is 5. The zero-order chi connectivity index (χ0) is 19.4. The Labute approximate surface area is 155 Å². The van der Waals surface area contributed by atoms with E-state index in [0.717, 1.165) is 24.1 Å². The summed E-state index contributed by atoms with van der Waals surface area (Å²) in [7, 11) is 0. The zero-order valence-corrected chi connectivity index (χ0v) is 15.2. The van der Waals surface area contributed by atoms with Gasteiger partial charge in [-0.1, -0.05) is 19.9 Å². The molecule has 1 fully saturated rings. The lowest BCUT2D eigenvalue weighted by Gasteiger charge is -2.38. The SMILES string of the molecule is CC1(C)[C@@H]2CCC1(CNCC(F)F)c1nnc(-c3c(F)cccc3F)cc12. The van der Waals surface area contributed by atoms with Gasteiger partial charge in [0, 0.05) is 12.0 Å². The van der Waals surface area contributed by atoms with Gasteiger partial charge < -0.3 is 5.32 Å². The lowest BCUT2D eigenvalue weighted by atomic mass is 9.68. The van der Waals surface area contributed by atoms with Crippen molar-refractivity contribution < 1.29 is 17.6 Å².